The van der Waals surface area contributed by atoms with Gasteiger partial charge in [0.25, 0.3) is 5.91 Å². The van der Waals surface area contributed by atoms with Gasteiger partial charge >= 0.3 is 5.97 Å². The number of hydrogen-bond acceptors (Lipinski definition) is 5. The summed E-state index contributed by atoms with van der Waals surface area (Å²) < 4.78 is 12.4. The minimum atomic E-state index is -0.853. The molecule has 0 radical (unpaired) electrons. The summed E-state index contributed by atoms with van der Waals surface area (Å²) in [5.41, 5.74) is 0. The number of nitrogens with zero attached hydrogens (tertiary/aromatic N) is 2. The average Bonchev–Trinajstić information content (AvgIpc) is 3.28. The molecule has 2 aromatic rings. The molecule has 7 nitrogen and oxygen atoms in total. The molecule has 7 heteroatoms. The maximum absolute atomic E-state index is 12.2. The van der Waals surface area contributed by atoms with Crippen LogP contribution in [0, 0.1) is 0 Å². The fourth-order valence-electron chi connectivity index (χ4n) is 2.96. The minimum Gasteiger partial charge on any atom is -0.452 e. The van der Waals surface area contributed by atoms with E-state index < -0.39 is 12.1 Å². The van der Waals surface area contributed by atoms with E-state index in [1.54, 1.807) is 36.1 Å². The van der Waals surface area contributed by atoms with Gasteiger partial charge in [0.15, 0.2) is 6.10 Å². The van der Waals surface area contributed by atoms with E-state index in [4.69, 9.17) is 9.15 Å². The van der Waals surface area contributed by atoms with Crippen LogP contribution in [0.4, 0.5) is 0 Å². The van der Waals surface area contributed by atoms with Crippen LogP contribution < -0.4 is 5.32 Å². The van der Waals surface area contributed by atoms with Crippen LogP contribution in [0.2, 0.25) is 0 Å². The normalized spacial score (nSPS) is 16.4. The van der Waals surface area contributed by atoms with Crippen LogP contribution >= 0.6 is 0 Å². The van der Waals surface area contributed by atoms with Gasteiger partial charge in [-0.3, -0.25) is 9.48 Å². The quantitative estimate of drug-likeness (QED) is 0.813. The van der Waals surface area contributed by atoms with Gasteiger partial charge in [-0.1, -0.05) is 19.3 Å². The number of esters is 1. The van der Waals surface area contributed by atoms with Crippen LogP contribution in [0.3, 0.4) is 0 Å². The second-order valence-electron chi connectivity index (χ2n) is 6.36. The van der Waals surface area contributed by atoms with Crippen LogP contribution in [0.1, 0.15) is 55.3 Å². The lowest BCUT2D eigenvalue weighted by molar-refractivity contribution is -0.130. The van der Waals surface area contributed by atoms with Crippen molar-refractivity contribution in [3.63, 3.8) is 0 Å². The molecule has 1 fully saturated rings. The van der Waals surface area contributed by atoms with Crippen LogP contribution in [-0.2, 0) is 16.1 Å². The lowest BCUT2D eigenvalue weighted by atomic mass is 9.95. The summed E-state index contributed by atoms with van der Waals surface area (Å²) in [6.07, 6.45) is 8.07. The van der Waals surface area contributed by atoms with Crippen molar-refractivity contribution in [2.75, 3.05) is 0 Å². The molecule has 25 heavy (non-hydrogen) atoms. The first-order valence-electron chi connectivity index (χ1n) is 8.69. The Morgan fingerprint density at radius 3 is 2.88 bits per heavy atom. The number of aromatic nitrogens is 2. The zero-order valence-corrected chi connectivity index (χ0v) is 14.3. The molecule has 1 atom stereocenters. The Morgan fingerprint density at radius 1 is 1.36 bits per heavy atom. The lowest BCUT2D eigenvalue weighted by Crippen LogP contribution is -2.42. The smallest absolute Gasteiger partial charge is 0.375 e. The molecule has 1 aliphatic carbocycles. The summed E-state index contributed by atoms with van der Waals surface area (Å²) in [6.45, 7) is 2.00. The minimum absolute atomic E-state index is 0.0828. The summed E-state index contributed by atoms with van der Waals surface area (Å²) in [5, 5.41) is 7.03. The average molecular weight is 345 g/mol. The monoisotopic (exact) mass is 345 g/mol. The SMILES string of the molecule is CC(OC(=O)c1ccc(Cn2cccn2)o1)C(=O)NC1CCCCC1. The molecule has 1 saturated carbocycles. The van der Waals surface area contributed by atoms with E-state index in [1.807, 2.05) is 6.07 Å². The lowest BCUT2D eigenvalue weighted by Gasteiger charge is -2.24. The number of nitrogens with one attached hydrogen (secondary N) is 1. The Kier molecular flexibility index (Phi) is 5.53. The molecular weight excluding hydrogens is 322 g/mol. The highest BCUT2D eigenvalue weighted by Gasteiger charge is 2.24. The first-order valence-corrected chi connectivity index (χ1v) is 8.69. The first kappa shape index (κ1) is 17.3. The third-order valence-electron chi connectivity index (χ3n) is 4.34. The highest BCUT2D eigenvalue weighted by molar-refractivity contribution is 5.90. The van der Waals surface area contributed by atoms with E-state index >= 15 is 0 Å². The van der Waals surface area contributed by atoms with Crippen molar-refractivity contribution >= 4 is 11.9 Å². The van der Waals surface area contributed by atoms with Crippen LogP contribution in [0.5, 0.6) is 0 Å². The van der Waals surface area contributed by atoms with Gasteiger partial charge < -0.3 is 14.5 Å². The second kappa shape index (κ2) is 8.00. The van der Waals surface area contributed by atoms with Gasteiger partial charge in [-0.25, -0.2) is 4.79 Å². The Labute approximate surface area is 146 Å². The highest BCUT2D eigenvalue weighted by atomic mass is 16.6. The topological polar surface area (TPSA) is 86.4 Å². The molecule has 134 valence electrons. The van der Waals surface area contributed by atoms with Crippen molar-refractivity contribution < 1.29 is 18.7 Å². The van der Waals surface area contributed by atoms with Crippen molar-refractivity contribution in [3.8, 4) is 0 Å². The van der Waals surface area contributed by atoms with Gasteiger partial charge in [0.1, 0.15) is 5.76 Å². The first-order chi connectivity index (χ1) is 12.1. The Bertz CT molecular complexity index is 702. The van der Waals surface area contributed by atoms with E-state index in [-0.39, 0.29) is 17.7 Å². The number of hydrogen-bond donors (Lipinski definition) is 1. The highest BCUT2D eigenvalue weighted by Crippen LogP contribution is 2.18. The van der Waals surface area contributed by atoms with Crippen molar-refractivity contribution in [1.29, 1.82) is 0 Å². The van der Waals surface area contributed by atoms with E-state index in [1.165, 1.54) is 6.42 Å². The molecule has 0 bridgehead atoms. The number of carbonyl (C=O) groups is 2. The zero-order chi connectivity index (χ0) is 17.6. The maximum Gasteiger partial charge on any atom is 0.375 e. The van der Waals surface area contributed by atoms with Gasteiger partial charge in [0, 0.05) is 18.4 Å². The predicted molar refractivity (Wildman–Crippen MR) is 89.9 cm³/mol. The number of rotatable bonds is 6. The standard InChI is InChI=1S/C18H23N3O4/c1-13(17(22)20-14-6-3-2-4-7-14)24-18(23)16-9-8-15(25-16)12-21-11-5-10-19-21/h5,8-11,13-14H,2-4,6-7,12H2,1H3,(H,20,22). The summed E-state index contributed by atoms with van der Waals surface area (Å²) in [5.74, 6) is -0.226. The summed E-state index contributed by atoms with van der Waals surface area (Å²) in [4.78, 5) is 24.3. The number of ether oxygens (including phenoxy) is 1. The van der Waals surface area contributed by atoms with Gasteiger partial charge in [0.05, 0.1) is 6.54 Å². The molecule has 1 aliphatic rings. The molecule has 0 saturated heterocycles. The van der Waals surface area contributed by atoms with Crippen molar-refractivity contribution in [3.05, 3.63) is 42.1 Å². The Morgan fingerprint density at radius 2 is 2.16 bits per heavy atom. The van der Waals surface area contributed by atoms with Crippen LogP contribution in [0.15, 0.2) is 35.0 Å². The number of amides is 1. The Balaban J connectivity index is 1.50. The Hall–Kier alpha value is -2.57. The maximum atomic E-state index is 12.2. The molecule has 2 heterocycles. The molecule has 0 aromatic carbocycles. The van der Waals surface area contributed by atoms with E-state index in [0.717, 1.165) is 25.7 Å². The van der Waals surface area contributed by atoms with Crippen LogP contribution in [-0.4, -0.2) is 33.8 Å². The van der Waals surface area contributed by atoms with E-state index in [0.29, 0.717) is 12.3 Å². The molecule has 0 spiro atoms. The fourth-order valence-corrected chi connectivity index (χ4v) is 2.96. The van der Waals surface area contributed by atoms with Gasteiger partial charge in [-0.15, -0.1) is 0 Å². The molecule has 1 amide bonds. The fraction of sp³-hybridized carbons (Fsp3) is 0.500. The summed E-state index contributed by atoms with van der Waals surface area (Å²) in [6, 6.07) is 5.24. The molecule has 3 rings (SSSR count). The van der Waals surface area contributed by atoms with Crippen LogP contribution in [0.25, 0.3) is 0 Å². The zero-order valence-electron chi connectivity index (χ0n) is 14.3. The number of carbonyl (C=O) groups excluding carboxylic acids is 2. The van der Waals surface area contributed by atoms with Crippen molar-refractivity contribution in [2.24, 2.45) is 0 Å². The third-order valence-corrected chi connectivity index (χ3v) is 4.34. The van der Waals surface area contributed by atoms with Gasteiger partial charge in [-0.2, -0.15) is 5.10 Å². The van der Waals surface area contributed by atoms with Gasteiger partial charge in [0.2, 0.25) is 5.76 Å². The van der Waals surface area contributed by atoms with Crippen molar-refractivity contribution in [1.82, 2.24) is 15.1 Å². The van der Waals surface area contributed by atoms with E-state index in [9.17, 15) is 9.59 Å². The molecule has 2 aromatic heterocycles. The second-order valence-corrected chi connectivity index (χ2v) is 6.36. The molecular formula is C18H23N3O4. The molecule has 0 aliphatic heterocycles. The number of furan rings is 1. The van der Waals surface area contributed by atoms with Crippen molar-refractivity contribution in [2.45, 2.75) is 57.7 Å². The molecule has 1 unspecified atom stereocenters. The largest absolute Gasteiger partial charge is 0.452 e. The predicted octanol–water partition coefficient (Wildman–Crippen LogP) is 2.52. The third kappa shape index (κ3) is 4.71. The summed E-state index contributed by atoms with van der Waals surface area (Å²) in [7, 11) is 0. The van der Waals surface area contributed by atoms with E-state index in [2.05, 4.69) is 10.4 Å². The molecule has 1 N–H and O–H groups in total. The summed E-state index contributed by atoms with van der Waals surface area (Å²) >= 11 is 0. The van der Waals surface area contributed by atoms with Gasteiger partial charge in [-0.05, 0) is 38.0 Å².